The maximum absolute atomic E-state index is 12.7. The number of nitro groups is 1. The van der Waals surface area contributed by atoms with E-state index in [1.807, 2.05) is 0 Å². The largest absolute Gasteiger partial charge is 0.335 e. The summed E-state index contributed by atoms with van der Waals surface area (Å²) in [7, 11) is 0. The van der Waals surface area contributed by atoms with Gasteiger partial charge in [0.25, 0.3) is 17.5 Å². The minimum Gasteiger partial charge on any atom is -0.273 e. The van der Waals surface area contributed by atoms with Gasteiger partial charge in [-0.15, -0.1) is 0 Å². The van der Waals surface area contributed by atoms with Crippen LogP contribution in [0.15, 0.2) is 58.6 Å². The second-order valence-electron chi connectivity index (χ2n) is 5.28. The van der Waals surface area contributed by atoms with Crippen molar-refractivity contribution < 1.29 is 19.3 Å². The molecule has 0 radical (unpaired) electrons. The van der Waals surface area contributed by atoms with Crippen LogP contribution in [0, 0.1) is 10.1 Å². The van der Waals surface area contributed by atoms with Crippen molar-refractivity contribution in [3.8, 4) is 0 Å². The Kier molecular flexibility index (Phi) is 4.63. The minimum atomic E-state index is -0.915. The molecule has 130 valence electrons. The quantitative estimate of drug-likeness (QED) is 0.358. The number of hydrogen-bond acceptors (Lipinski definition) is 5. The van der Waals surface area contributed by atoms with Crippen molar-refractivity contribution in [1.29, 1.82) is 0 Å². The maximum Gasteiger partial charge on any atom is 0.335 e. The van der Waals surface area contributed by atoms with Gasteiger partial charge in [-0.25, -0.2) is 9.69 Å². The van der Waals surface area contributed by atoms with Gasteiger partial charge in [0, 0.05) is 16.6 Å². The number of halogens is 1. The predicted octanol–water partition coefficient (Wildman–Crippen LogP) is 3.02. The van der Waals surface area contributed by atoms with Crippen LogP contribution in [0.4, 0.5) is 16.2 Å². The van der Waals surface area contributed by atoms with E-state index < -0.39 is 22.8 Å². The Morgan fingerprint density at radius 2 is 1.62 bits per heavy atom. The van der Waals surface area contributed by atoms with E-state index >= 15 is 0 Å². The Labute approximate surface area is 155 Å². The van der Waals surface area contributed by atoms with Crippen molar-refractivity contribution in [2.75, 3.05) is 4.90 Å². The van der Waals surface area contributed by atoms with Crippen molar-refractivity contribution in [1.82, 2.24) is 5.32 Å². The van der Waals surface area contributed by atoms with Gasteiger partial charge in [0.15, 0.2) is 0 Å². The minimum absolute atomic E-state index is 0.118. The van der Waals surface area contributed by atoms with Gasteiger partial charge in [0.05, 0.1) is 10.6 Å². The van der Waals surface area contributed by atoms with Crippen LogP contribution in [-0.2, 0) is 9.59 Å². The standard InChI is InChI=1S/C17H10BrN3O5/c18-11-3-1-10(2-4-11)9-14-15(22)19-17(24)20(16(14)23)12-5-7-13(8-6-12)21(25)26/h1-9H,(H,19,22,24)/b14-9-. The van der Waals surface area contributed by atoms with Gasteiger partial charge in [0.2, 0.25) is 0 Å². The Balaban J connectivity index is 1.97. The molecule has 1 aliphatic rings. The summed E-state index contributed by atoms with van der Waals surface area (Å²) < 4.78 is 0.835. The zero-order valence-electron chi connectivity index (χ0n) is 13.0. The number of nitro benzene ring substituents is 1. The fourth-order valence-corrected chi connectivity index (χ4v) is 2.61. The van der Waals surface area contributed by atoms with Crippen LogP contribution in [0.5, 0.6) is 0 Å². The van der Waals surface area contributed by atoms with Crippen LogP contribution >= 0.6 is 15.9 Å². The molecule has 0 saturated carbocycles. The summed E-state index contributed by atoms with van der Waals surface area (Å²) in [5.41, 5.74) is 0.322. The number of barbiturate groups is 1. The first kappa shape index (κ1) is 17.5. The van der Waals surface area contributed by atoms with Crippen molar-refractivity contribution >= 4 is 51.2 Å². The molecule has 1 heterocycles. The summed E-state index contributed by atoms with van der Waals surface area (Å²) in [5, 5.41) is 12.8. The molecule has 2 aromatic rings. The number of anilines is 1. The van der Waals surface area contributed by atoms with Gasteiger partial charge in [-0.2, -0.15) is 0 Å². The molecule has 0 spiro atoms. The highest BCUT2D eigenvalue weighted by molar-refractivity contribution is 9.10. The zero-order chi connectivity index (χ0) is 18.8. The third-order valence-electron chi connectivity index (χ3n) is 3.60. The smallest absolute Gasteiger partial charge is 0.273 e. The van der Waals surface area contributed by atoms with Crippen LogP contribution in [0.3, 0.4) is 0 Å². The molecular formula is C17H10BrN3O5. The Bertz CT molecular complexity index is 951. The molecule has 1 aliphatic heterocycles. The van der Waals surface area contributed by atoms with Crippen LogP contribution in [-0.4, -0.2) is 22.8 Å². The molecular weight excluding hydrogens is 406 g/mol. The number of urea groups is 1. The molecule has 26 heavy (non-hydrogen) atoms. The average Bonchev–Trinajstić information content (AvgIpc) is 2.60. The van der Waals surface area contributed by atoms with E-state index in [4.69, 9.17) is 0 Å². The van der Waals surface area contributed by atoms with Gasteiger partial charge in [-0.05, 0) is 35.9 Å². The molecule has 1 fully saturated rings. The SMILES string of the molecule is O=C1NC(=O)N(c2ccc([N+](=O)[O-])cc2)C(=O)/C1=C\c1ccc(Br)cc1. The monoisotopic (exact) mass is 415 g/mol. The van der Waals surface area contributed by atoms with Crippen LogP contribution < -0.4 is 10.2 Å². The number of benzene rings is 2. The summed E-state index contributed by atoms with van der Waals surface area (Å²) in [5.74, 6) is -1.61. The first-order valence-corrected chi connectivity index (χ1v) is 8.07. The molecule has 0 unspecified atom stereocenters. The summed E-state index contributed by atoms with van der Waals surface area (Å²) in [4.78, 5) is 47.7. The number of carbonyl (C=O) groups excluding carboxylic acids is 3. The number of nitrogens with one attached hydrogen (secondary N) is 1. The Hall–Kier alpha value is -3.33. The number of carbonyl (C=O) groups is 3. The molecule has 3 rings (SSSR count). The Morgan fingerprint density at radius 1 is 1.00 bits per heavy atom. The molecule has 0 bridgehead atoms. The number of imide groups is 2. The average molecular weight is 416 g/mol. The number of rotatable bonds is 3. The lowest BCUT2D eigenvalue weighted by molar-refractivity contribution is -0.384. The lowest BCUT2D eigenvalue weighted by Gasteiger charge is -2.26. The molecule has 0 aromatic heterocycles. The summed E-state index contributed by atoms with van der Waals surface area (Å²) >= 11 is 3.29. The number of non-ortho nitro benzene ring substituents is 1. The number of amides is 4. The van der Waals surface area contributed by atoms with E-state index in [0.29, 0.717) is 5.56 Å². The van der Waals surface area contributed by atoms with E-state index in [0.717, 1.165) is 9.37 Å². The van der Waals surface area contributed by atoms with E-state index in [2.05, 4.69) is 21.2 Å². The highest BCUT2D eigenvalue weighted by atomic mass is 79.9. The maximum atomic E-state index is 12.7. The van der Waals surface area contributed by atoms with E-state index in [9.17, 15) is 24.5 Å². The molecule has 4 amide bonds. The molecule has 1 N–H and O–H groups in total. The van der Waals surface area contributed by atoms with Crippen LogP contribution in [0.25, 0.3) is 6.08 Å². The first-order chi connectivity index (χ1) is 12.4. The second kappa shape index (κ2) is 6.89. The molecule has 0 atom stereocenters. The third kappa shape index (κ3) is 3.38. The molecule has 8 nitrogen and oxygen atoms in total. The van der Waals surface area contributed by atoms with Gasteiger partial charge in [-0.1, -0.05) is 28.1 Å². The highest BCUT2D eigenvalue weighted by Gasteiger charge is 2.36. The van der Waals surface area contributed by atoms with Gasteiger partial charge >= 0.3 is 6.03 Å². The lowest BCUT2D eigenvalue weighted by atomic mass is 10.1. The van der Waals surface area contributed by atoms with Crippen molar-refractivity contribution in [3.63, 3.8) is 0 Å². The van der Waals surface area contributed by atoms with Crippen molar-refractivity contribution in [2.45, 2.75) is 0 Å². The highest BCUT2D eigenvalue weighted by Crippen LogP contribution is 2.24. The Morgan fingerprint density at radius 3 is 2.19 bits per heavy atom. The second-order valence-corrected chi connectivity index (χ2v) is 6.20. The van der Waals surface area contributed by atoms with Gasteiger partial charge in [-0.3, -0.25) is 25.0 Å². The van der Waals surface area contributed by atoms with E-state index in [1.54, 1.807) is 24.3 Å². The first-order valence-electron chi connectivity index (χ1n) is 7.28. The number of hydrogen-bond donors (Lipinski definition) is 1. The summed E-state index contributed by atoms with van der Waals surface area (Å²) in [6.07, 6.45) is 1.37. The zero-order valence-corrected chi connectivity index (χ0v) is 14.6. The molecule has 9 heteroatoms. The molecule has 2 aromatic carbocycles. The van der Waals surface area contributed by atoms with Crippen LogP contribution in [0.2, 0.25) is 0 Å². The van der Waals surface area contributed by atoms with Crippen molar-refractivity contribution in [2.24, 2.45) is 0 Å². The van der Waals surface area contributed by atoms with Gasteiger partial charge in [0.1, 0.15) is 5.57 Å². The summed E-state index contributed by atoms with van der Waals surface area (Å²) in [6.45, 7) is 0. The molecule has 1 saturated heterocycles. The van der Waals surface area contributed by atoms with E-state index in [-0.39, 0.29) is 16.9 Å². The fourth-order valence-electron chi connectivity index (χ4n) is 2.34. The number of nitrogens with zero attached hydrogens (tertiary/aromatic N) is 2. The lowest BCUT2D eigenvalue weighted by Crippen LogP contribution is -2.54. The molecule has 0 aliphatic carbocycles. The topological polar surface area (TPSA) is 110 Å². The van der Waals surface area contributed by atoms with E-state index in [1.165, 1.54) is 30.3 Å². The van der Waals surface area contributed by atoms with Gasteiger partial charge < -0.3 is 0 Å². The van der Waals surface area contributed by atoms with Crippen molar-refractivity contribution in [3.05, 3.63) is 74.3 Å². The fraction of sp³-hybridized carbons (Fsp3) is 0. The third-order valence-corrected chi connectivity index (χ3v) is 4.13. The van der Waals surface area contributed by atoms with Crippen LogP contribution in [0.1, 0.15) is 5.56 Å². The predicted molar refractivity (Wildman–Crippen MR) is 96.2 cm³/mol. The summed E-state index contributed by atoms with van der Waals surface area (Å²) in [6, 6.07) is 10.9. The normalized spacial score (nSPS) is 16.0.